The van der Waals surface area contributed by atoms with Gasteiger partial charge in [-0.15, -0.1) is 0 Å². The van der Waals surface area contributed by atoms with Gasteiger partial charge in [-0.05, 0) is 43.5 Å². The van der Waals surface area contributed by atoms with Crippen LogP contribution in [0.5, 0.6) is 5.75 Å². The average molecular weight is 248 g/mol. The molecule has 0 saturated carbocycles. The lowest BCUT2D eigenvalue weighted by molar-refractivity contribution is 0.307. The van der Waals surface area contributed by atoms with Gasteiger partial charge in [-0.25, -0.2) is 4.98 Å². The minimum absolute atomic E-state index is 0.526. The molecule has 90 valence electrons. The summed E-state index contributed by atoms with van der Waals surface area (Å²) in [6.07, 6.45) is 1.76. The first-order chi connectivity index (χ1) is 8.06. The first-order valence-electron chi connectivity index (χ1n) is 5.47. The molecule has 1 heterocycles. The predicted molar refractivity (Wildman–Crippen MR) is 71.5 cm³/mol. The van der Waals surface area contributed by atoms with E-state index in [4.69, 9.17) is 10.5 Å². The van der Waals surface area contributed by atoms with Crippen LogP contribution in [0.15, 0.2) is 18.3 Å². The Morgan fingerprint density at radius 3 is 2.71 bits per heavy atom. The number of aryl methyl sites for hydroxylation is 2. The molecule has 1 aromatic carbocycles. The summed E-state index contributed by atoms with van der Waals surface area (Å²) in [5.41, 5.74) is 9.23. The molecule has 0 fully saturated rings. The molecule has 0 spiro atoms. The topological polar surface area (TPSA) is 48.1 Å². The van der Waals surface area contributed by atoms with Crippen LogP contribution < -0.4 is 10.5 Å². The van der Waals surface area contributed by atoms with E-state index in [1.807, 2.05) is 0 Å². The summed E-state index contributed by atoms with van der Waals surface area (Å²) in [6, 6.07) is 4.22. The quantitative estimate of drug-likeness (QED) is 0.907. The molecule has 0 aliphatic rings. The minimum atomic E-state index is 0.526. The molecule has 4 heteroatoms. The van der Waals surface area contributed by atoms with Crippen LogP contribution in [0.4, 0.5) is 5.13 Å². The molecule has 0 bridgehead atoms. The van der Waals surface area contributed by atoms with Crippen molar-refractivity contribution in [1.29, 1.82) is 0 Å². The van der Waals surface area contributed by atoms with E-state index in [1.165, 1.54) is 28.0 Å². The van der Waals surface area contributed by atoms with Crippen LogP contribution in [-0.2, 0) is 6.61 Å². The van der Waals surface area contributed by atoms with Crippen molar-refractivity contribution in [3.63, 3.8) is 0 Å². The number of rotatable bonds is 3. The maximum atomic E-state index is 5.81. The number of hydrogen-bond acceptors (Lipinski definition) is 4. The molecule has 0 amide bonds. The first kappa shape index (κ1) is 11.9. The van der Waals surface area contributed by atoms with Gasteiger partial charge in [0.15, 0.2) is 5.13 Å². The van der Waals surface area contributed by atoms with Crippen molar-refractivity contribution >= 4 is 16.5 Å². The summed E-state index contributed by atoms with van der Waals surface area (Å²) in [6.45, 7) is 6.77. The van der Waals surface area contributed by atoms with Gasteiger partial charge in [-0.1, -0.05) is 17.4 Å². The van der Waals surface area contributed by atoms with Crippen molar-refractivity contribution in [2.24, 2.45) is 0 Å². The lowest BCUT2D eigenvalue weighted by atomic mass is 10.1. The fraction of sp³-hybridized carbons (Fsp3) is 0.308. The van der Waals surface area contributed by atoms with E-state index >= 15 is 0 Å². The van der Waals surface area contributed by atoms with Gasteiger partial charge < -0.3 is 10.5 Å². The number of aromatic nitrogens is 1. The molecule has 0 saturated heterocycles. The minimum Gasteiger partial charge on any atom is -0.488 e. The van der Waals surface area contributed by atoms with E-state index in [-0.39, 0.29) is 0 Å². The summed E-state index contributed by atoms with van der Waals surface area (Å²) in [4.78, 5) is 5.05. The molecule has 2 aromatic rings. The zero-order chi connectivity index (χ0) is 12.4. The van der Waals surface area contributed by atoms with Crippen molar-refractivity contribution in [3.8, 4) is 5.75 Å². The number of thiazole rings is 1. The predicted octanol–water partition coefficient (Wildman–Crippen LogP) is 3.23. The van der Waals surface area contributed by atoms with Crippen LogP contribution in [0.2, 0.25) is 0 Å². The molecule has 0 radical (unpaired) electrons. The van der Waals surface area contributed by atoms with E-state index in [2.05, 4.69) is 37.9 Å². The van der Waals surface area contributed by atoms with Gasteiger partial charge in [-0.2, -0.15) is 0 Å². The lowest BCUT2D eigenvalue weighted by Gasteiger charge is -2.11. The molecular formula is C13H16N2OS. The van der Waals surface area contributed by atoms with Crippen molar-refractivity contribution in [2.75, 3.05) is 5.73 Å². The molecule has 0 aliphatic carbocycles. The van der Waals surface area contributed by atoms with Crippen LogP contribution in [0, 0.1) is 20.8 Å². The van der Waals surface area contributed by atoms with Gasteiger partial charge in [0.25, 0.3) is 0 Å². The monoisotopic (exact) mass is 248 g/mol. The highest BCUT2D eigenvalue weighted by atomic mass is 32.1. The third kappa shape index (κ3) is 2.77. The van der Waals surface area contributed by atoms with E-state index in [9.17, 15) is 0 Å². The number of anilines is 1. The fourth-order valence-corrected chi connectivity index (χ4v) is 2.29. The third-order valence-electron chi connectivity index (χ3n) is 2.71. The van der Waals surface area contributed by atoms with E-state index < -0.39 is 0 Å². The Labute approximate surface area is 105 Å². The highest BCUT2D eigenvalue weighted by Crippen LogP contribution is 2.25. The number of benzene rings is 1. The van der Waals surface area contributed by atoms with Crippen molar-refractivity contribution in [3.05, 3.63) is 39.9 Å². The van der Waals surface area contributed by atoms with Crippen LogP contribution >= 0.6 is 11.3 Å². The summed E-state index contributed by atoms with van der Waals surface area (Å²) in [5, 5.41) is 0.584. The normalized spacial score (nSPS) is 10.5. The first-order valence-corrected chi connectivity index (χ1v) is 6.28. The van der Waals surface area contributed by atoms with Gasteiger partial charge in [0.05, 0.1) is 4.88 Å². The van der Waals surface area contributed by atoms with Crippen LogP contribution in [0.1, 0.15) is 21.6 Å². The second-order valence-corrected chi connectivity index (χ2v) is 5.31. The highest BCUT2D eigenvalue weighted by Gasteiger charge is 2.05. The van der Waals surface area contributed by atoms with Crippen molar-refractivity contribution < 1.29 is 4.74 Å². The largest absolute Gasteiger partial charge is 0.488 e. The summed E-state index contributed by atoms with van der Waals surface area (Å²) in [5.74, 6) is 0.939. The maximum absolute atomic E-state index is 5.81. The maximum Gasteiger partial charge on any atom is 0.180 e. The SMILES string of the molecule is Cc1cc(C)c(C)c(OCc2cnc(N)s2)c1. The van der Waals surface area contributed by atoms with Crippen molar-refractivity contribution in [1.82, 2.24) is 4.98 Å². The number of hydrogen-bond donors (Lipinski definition) is 1. The Kier molecular flexibility index (Phi) is 3.33. The molecule has 0 atom stereocenters. The smallest absolute Gasteiger partial charge is 0.180 e. The summed E-state index contributed by atoms with van der Waals surface area (Å²) < 4.78 is 5.81. The van der Waals surface area contributed by atoms with Gasteiger partial charge in [-0.3, -0.25) is 0 Å². The molecule has 17 heavy (non-hydrogen) atoms. The standard InChI is InChI=1S/C13H16N2OS/c1-8-4-9(2)10(3)12(5-8)16-7-11-6-15-13(14)17-11/h4-6H,7H2,1-3H3,(H2,14,15). The third-order valence-corrected chi connectivity index (χ3v) is 3.51. The Bertz CT molecular complexity index is 534. The average Bonchev–Trinajstić information content (AvgIpc) is 2.67. The number of ether oxygens (including phenoxy) is 1. The Morgan fingerprint density at radius 2 is 2.06 bits per heavy atom. The van der Waals surface area contributed by atoms with Crippen LogP contribution in [-0.4, -0.2) is 4.98 Å². The molecule has 3 nitrogen and oxygen atoms in total. The van der Waals surface area contributed by atoms with Crippen molar-refractivity contribution in [2.45, 2.75) is 27.4 Å². The Balaban J connectivity index is 2.14. The molecule has 1 aromatic heterocycles. The Morgan fingerprint density at radius 1 is 1.29 bits per heavy atom. The van der Waals surface area contributed by atoms with E-state index in [0.29, 0.717) is 11.7 Å². The summed E-state index contributed by atoms with van der Waals surface area (Å²) >= 11 is 1.46. The van der Waals surface area contributed by atoms with Gasteiger partial charge in [0.1, 0.15) is 12.4 Å². The number of nitrogens with two attached hydrogens (primary N) is 1. The number of nitrogen functional groups attached to an aromatic ring is 1. The lowest BCUT2D eigenvalue weighted by Crippen LogP contribution is -1.97. The molecule has 0 aliphatic heterocycles. The second kappa shape index (κ2) is 4.75. The molecule has 2 N–H and O–H groups in total. The Hall–Kier alpha value is -1.55. The zero-order valence-corrected chi connectivity index (χ0v) is 11.1. The highest BCUT2D eigenvalue weighted by molar-refractivity contribution is 7.15. The van der Waals surface area contributed by atoms with E-state index in [0.717, 1.165) is 10.6 Å². The van der Waals surface area contributed by atoms with Gasteiger partial charge in [0.2, 0.25) is 0 Å². The second-order valence-electron chi connectivity index (χ2n) is 4.16. The van der Waals surface area contributed by atoms with Gasteiger partial charge >= 0.3 is 0 Å². The fourth-order valence-electron chi connectivity index (χ4n) is 1.69. The molecule has 0 unspecified atom stereocenters. The molecule has 2 rings (SSSR count). The summed E-state index contributed by atoms with van der Waals surface area (Å²) in [7, 11) is 0. The van der Waals surface area contributed by atoms with E-state index in [1.54, 1.807) is 6.20 Å². The number of nitrogens with zero attached hydrogens (tertiary/aromatic N) is 1. The van der Waals surface area contributed by atoms with Crippen LogP contribution in [0.3, 0.4) is 0 Å². The van der Waals surface area contributed by atoms with Crippen LogP contribution in [0.25, 0.3) is 0 Å². The molecular weight excluding hydrogens is 232 g/mol. The van der Waals surface area contributed by atoms with Gasteiger partial charge in [0, 0.05) is 6.20 Å². The zero-order valence-electron chi connectivity index (χ0n) is 10.3.